The summed E-state index contributed by atoms with van der Waals surface area (Å²) in [5.41, 5.74) is 2.06. The van der Waals surface area contributed by atoms with Gasteiger partial charge in [-0.05, 0) is 26.0 Å². The Balaban J connectivity index is 1.49. The Hall–Kier alpha value is -2.41. The van der Waals surface area contributed by atoms with E-state index in [2.05, 4.69) is 45.6 Å². The van der Waals surface area contributed by atoms with E-state index in [4.69, 9.17) is 0 Å². The first-order valence-corrected chi connectivity index (χ1v) is 9.42. The summed E-state index contributed by atoms with van der Waals surface area (Å²) in [6.45, 7) is 6.53. The lowest BCUT2D eigenvalue weighted by Gasteiger charge is -2.10. The van der Waals surface area contributed by atoms with Gasteiger partial charge in [0.15, 0.2) is 5.96 Å². The van der Waals surface area contributed by atoms with Crippen molar-refractivity contribution >= 4 is 22.9 Å². The fraction of sp³-hybridized carbons (Fsp3) is 0.389. The quantitative estimate of drug-likeness (QED) is 0.504. The molecule has 0 amide bonds. The van der Waals surface area contributed by atoms with Crippen LogP contribution >= 0.6 is 11.3 Å². The van der Waals surface area contributed by atoms with E-state index in [9.17, 15) is 0 Å². The monoisotopic (exact) mass is 356 g/mol. The van der Waals surface area contributed by atoms with E-state index < -0.39 is 0 Å². The van der Waals surface area contributed by atoms with Crippen molar-refractivity contribution < 1.29 is 0 Å². The number of thiazole rings is 1. The van der Waals surface area contributed by atoms with Crippen LogP contribution in [0.1, 0.15) is 22.5 Å². The molecule has 0 aromatic carbocycles. The van der Waals surface area contributed by atoms with Gasteiger partial charge in [-0.1, -0.05) is 6.07 Å². The SMILES string of the molecule is CCNC(=NCCc1ncc(C)s1)NCCc1cn2ccccc2n1. The van der Waals surface area contributed by atoms with E-state index in [0.29, 0.717) is 0 Å². The van der Waals surface area contributed by atoms with Crippen LogP contribution in [-0.2, 0) is 12.8 Å². The molecule has 0 spiro atoms. The number of imidazole rings is 1. The highest BCUT2D eigenvalue weighted by Crippen LogP contribution is 2.11. The van der Waals surface area contributed by atoms with Crippen molar-refractivity contribution in [2.75, 3.05) is 19.6 Å². The zero-order valence-corrected chi connectivity index (χ0v) is 15.5. The van der Waals surface area contributed by atoms with Crippen molar-refractivity contribution in [3.8, 4) is 0 Å². The van der Waals surface area contributed by atoms with Crippen LogP contribution in [-0.4, -0.2) is 40.0 Å². The van der Waals surface area contributed by atoms with Gasteiger partial charge in [-0.2, -0.15) is 0 Å². The second-order valence-electron chi connectivity index (χ2n) is 5.75. The van der Waals surface area contributed by atoms with Gasteiger partial charge in [0.2, 0.25) is 0 Å². The minimum atomic E-state index is 0.733. The number of fused-ring (bicyclic) bond motifs is 1. The number of nitrogens with one attached hydrogen (secondary N) is 2. The van der Waals surface area contributed by atoms with Gasteiger partial charge < -0.3 is 15.0 Å². The molecule has 0 aliphatic heterocycles. The molecule has 0 aliphatic rings. The third-order valence-corrected chi connectivity index (χ3v) is 4.67. The lowest BCUT2D eigenvalue weighted by Crippen LogP contribution is -2.38. The van der Waals surface area contributed by atoms with E-state index in [1.54, 1.807) is 11.3 Å². The van der Waals surface area contributed by atoms with E-state index in [1.165, 1.54) is 4.88 Å². The summed E-state index contributed by atoms with van der Waals surface area (Å²) in [7, 11) is 0. The van der Waals surface area contributed by atoms with Gasteiger partial charge in [0.05, 0.1) is 10.7 Å². The molecule has 3 heterocycles. The highest BCUT2D eigenvalue weighted by molar-refractivity contribution is 7.11. The molecule has 0 atom stereocenters. The van der Waals surface area contributed by atoms with E-state index >= 15 is 0 Å². The van der Waals surface area contributed by atoms with Gasteiger partial charge in [0, 0.05) is 55.9 Å². The number of hydrogen-bond donors (Lipinski definition) is 2. The molecule has 7 heteroatoms. The summed E-state index contributed by atoms with van der Waals surface area (Å²) in [5.74, 6) is 0.847. The molecule has 6 nitrogen and oxygen atoms in total. The van der Waals surface area contributed by atoms with Gasteiger partial charge >= 0.3 is 0 Å². The average Bonchev–Trinajstić information content (AvgIpc) is 3.20. The number of nitrogens with zero attached hydrogens (tertiary/aromatic N) is 4. The Morgan fingerprint density at radius 2 is 2.20 bits per heavy atom. The molecule has 0 bridgehead atoms. The second-order valence-corrected chi connectivity index (χ2v) is 7.07. The normalized spacial score (nSPS) is 11.8. The highest BCUT2D eigenvalue weighted by Gasteiger charge is 2.03. The number of rotatable bonds is 7. The first-order chi connectivity index (χ1) is 12.2. The molecule has 3 aromatic rings. The van der Waals surface area contributed by atoms with Gasteiger partial charge in [-0.15, -0.1) is 11.3 Å². The largest absolute Gasteiger partial charge is 0.357 e. The van der Waals surface area contributed by atoms with Crippen LogP contribution in [0.5, 0.6) is 0 Å². The summed E-state index contributed by atoms with van der Waals surface area (Å²) < 4.78 is 2.05. The topological polar surface area (TPSA) is 66.6 Å². The molecular formula is C18H24N6S. The summed E-state index contributed by atoms with van der Waals surface area (Å²) in [5, 5.41) is 7.80. The lowest BCUT2D eigenvalue weighted by molar-refractivity contribution is 0.788. The maximum Gasteiger partial charge on any atom is 0.191 e. The number of aryl methyl sites for hydroxylation is 1. The minimum absolute atomic E-state index is 0.733. The predicted molar refractivity (Wildman–Crippen MR) is 103 cm³/mol. The van der Waals surface area contributed by atoms with Gasteiger partial charge in [-0.25, -0.2) is 9.97 Å². The molecule has 0 unspecified atom stereocenters. The molecule has 132 valence electrons. The number of pyridine rings is 1. The van der Waals surface area contributed by atoms with Crippen LogP contribution in [0.25, 0.3) is 5.65 Å². The third kappa shape index (κ3) is 5.03. The smallest absolute Gasteiger partial charge is 0.191 e. The number of guanidine groups is 1. The molecule has 0 radical (unpaired) electrons. The first-order valence-electron chi connectivity index (χ1n) is 8.60. The number of aliphatic imine (C=N–C) groups is 1. The fourth-order valence-corrected chi connectivity index (χ4v) is 3.31. The van der Waals surface area contributed by atoms with Gasteiger partial charge in [0.25, 0.3) is 0 Å². The Morgan fingerprint density at radius 1 is 1.28 bits per heavy atom. The lowest BCUT2D eigenvalue weighted by atomic mass is 10.3. The highest BCUT2D eigenvalue weighted by atomic mass is 32.1. The van der Waals surface area contributed by atoms with E-state index in [1.807, 2.05) is 35.0 Å². The maximum atomic E-state index is 4.63. The molecule has 3 rings (SSSR count). The van der Waals surface area contributed by atoms with Crippen LogP contribution in [0.2, 0.25) is 0 Å². The molecule has 2 N–H and O–H groups in total. The molecule has 3 aromatic heterocycles. The summed E-state index contributed by atoms with van der Waals surface area (Å²) in [6.07, 6.45) is 7.75. The zero-order valence-electron chi connectivity index (χ0n) is 14.7. The Kier molecular flexibility index (Phi) is 6.00. The molecule has 0 aliphatic carbocycles. The van der Waals surface area contributed by atoms with Crippen LogP contribution in [0, 0.1) is 6.92 Å². The number of hydrogen-bond acceptors (Lipinski definition) is 4. The number of aromatic nitrogens is 3. The van der Waals surface area contributed by atoms with Gasteiger partial charge in [-0.3, -0.25) is 4.99 Å². The Morgan fingerprint density at radius 3 is 2.96 bits per heavy atom. The van der Waals surface area contributed by atoms with Crippen LogP contribution in [0.4, 0.5) is 0 Å². The minimum Gasteiger partial charge on any atom is -0.357 e. The first kappa shape index (κ1) is 17.4. The standard InChI is InChI=1S/C18H24N6S/c1-3-19-18(21-10-8-17-22-12-14(2)25-17)20-9-7-15-13-24-11-5-4-6-16(24)23-15/h4-6,11-13H,3,7-10H2,1-2H3,(H2,19,20,21). The van der Waals surface area contributed by atoms with Crippen LogP contribution < -0.4 is 10.6 Å². The van der Waals surface area contributed by atoms with Crippen molar-refractivity contribution in [3.63, 3.8) is 0 Å². The Bertz CT molecular complexity index is 802. The molecular weight excluding hydrogens is 332 g/mol. The maximum absolute atomic E-state index is 4.63. The van der Waals surface area contributed by atoms with E-state index in [0.717, 1.165) is 54.8 Å². The van der Waals surface area contributed by atoms with Gasteiger partial charge in [0.1, 0.15) is 5.65 Å². The summed E-state index contributed by atoms with van der Waals surface area (Å²) >= 11 is 1.74. The zero-order chi connectivity index (χ0) is 17.5. The summed E-state index contributed by atoms with van der Waals surface area (Å²) in [6, 6.07) is 6.03. The predicted octanol–water partition coefficient (Wildman–Crippen LogP) is 2.44. The second kappa shape index (κ2) is 8.62. The fourth-order valence-electron chi connectivity index (χ4n) is 2.54. The molecule has 0 fully saturated rings. The molecule has 0 saturated heterocycles. The average molecular weight is 356 g/mol. The molecule has 0 saturated carbocycles. The van der Waals surface area contributed by atoms with Crippen molar-refractivity contribution in [2.24, 2.45) is 4.99 Å². The molecule has 25 heavy (non-hydrogen) atoms. The van der Waals surface area contributed by atoms with E-state index in [-0.39, 0.29) is 0 Å². The van der Waals surface area contributed by atoms with Crippen molar-refractivity contribution in [2.45, 2.75) is 26.7 Å². The van der Waals surface area contributed by atoms with Crippen molar-refractivity contribution in [3.05, 3.63) is 52.4 Å². The van der Waals surface area contributed by atoms with Crippen LogP contribution in [0.3, 0.4) is 0 Å². The Labute approximate surface area is 152 Å². The summed E-state index contributed by atoms with van der Waals surface area (Å²) in [4.78, 5) is 14.9. The van der Waals surface area contributed by atoms with Crippen molar-refractivity contribution in [1.82, 2.24) is 25.0 Å². The third-order valence-electron chi connectivity index (χ3n) is 3.70. The van der Waals surface area contributed by atoms with Crippen LogP contribution in [0.15, 0.2) is 41.8 Å². The van der Waals surface area contributed by atoms with Crippen molar-refractivity contribution in [1.29, 1.82) is 0 Å².